The van der Waals surface area contributed by atoms with Gasteiger partial charge in [0.2, 0.25) is 0 Å². The second-order valence-electron chi connectivity index (χ2n) is 3.21. The first-order valence-corrected chi connectivity index (χ1v) is 6.08. The number of nitrogens with zero attached hydrogens (tertiary/aromatic N) is 1. The molecule has 0 atom stereocenters. The summed E-state index contributed by atoms with van der Waals surface area (Å²) in [7, 11) is 0. The maximum atomic E-state index is 11.1. The predicted octanol–water partition coefficient (Wildman–Crippen LogP) is 4.15. The largest absolute Gasteiger partial charge is 0.275 e. The fourth-order valence-electron chi connectivity index (χ4n) is 1.29. The highest BCUT2D eigenvalue weighted by Crippen LogP contribution is 2.29. The van der Waals surface area contributed by atoms with Crippen LogP contribution < -0.4 is 0 Å². The van der Waals surface area contributed by atoms with Gasteiger partial charge in [0.1, 0.15) is 9.88 Å². The van der Waals surface area contributed by atoms with Crippen molar-refractivity contribution in [3.05, 3.63) is 39.9 Å². The van der Waals surface area contributed by atoms with Crippen LogP contribution in [0.25, 0.3) is 10.6 Å². The zero-order valence-electron chi connectivity index (χ0n) is 8.33. The molecule has 0 N–H and O–H groups in total. The van der Waals surface area contributed by atoms with Gasteiger partial charge in [0.05, 0.1) is 5.69 Å². The minimum absolute atomic E-state index is 0.463. The van der Waals surface area contributed by atoms with Crippen LogP contribution in [0, 0.1) is 6.92 Å². The first kappa shape index (κ1) is 11.6. The fourth-order valence-corrected chi connectivity index (χ4v) is 2.58. The van der Waals surface area contributed by atoms with Crippen molar-refractivity contribution in [3.8, 4) is 10.6 Å². The van der Waals surface area contributed by atoms with Gasteiger partial charge in [0.15, 0.2) is 0 Å². The first-order valence-electron chi connectivity index (χ1n) is 4.51. The van der Waals surface area contributed by atoms with E-state index in [1.807, 2.05) is 12.1 Å². The van der Waals surface area contributed by atoms with E-state index in [1.54, 1.807) is 19.1 Å². The van der Waals surface area contributed by atoms with Crippen LogP contribution in [0.2, 0.25) is 5.02 Å². The van der Waals surface area contributed by atoms with E-state index in [-0.39, 0.29) is 0 Å². The molecule has 0 fully saturated rings. The molecule has 2 aromatic rings. The molecule has 0 aliphatic rings. The topological polar surface area (TPSA) is 30.0 Å². The summed E-state index contributed by atoms with van der Waals surface area (Å²) in [4.78, 5) is 15.9. The third-order valence-corrected chi connectivity index (χ3v) is 3.82. The van der Waals surface area contributed by atoms with E-state index in [0.29, 0.717) is 15.6 Å². The number of hydrogen-bond acceptors (Lipinski definition) is 3. The van der Waals surface area contributed by atoms with E-state index >= 15 is 0 Å². The van der Waals surface area contributed by atoms with Crippen LogP contribution in [-0.4, -0.2) is 10.2 Å². The molecule has 82 valence electrons. The highest BCUT2D eigenvalue weighted by Gasteiger charge is 2.13. The van der Waals surface area contributed by atoms with Crippen LogP contribution in [-0.2, 0) is 0 Å². The Hall–Kier alpha value is -0.900. The van der Waals surface area contributed by atoms with E-state index in [2.05, 4.69) is 4.98 Å². The number of carbonyl (C=O) groups is 1. The van der Waals surface area contributed by atoms with Crippen LogP contribution >= 0.6 is 34.5 Å². The van der Waals surface area contributed by atoms with Gasteiger partial charge in [-0.05, 0) is 30.7 Å². The average Bonchev–Trinajstić information content (AvgIpc) is 2.61. The quantitative estimate of drug-likeness (QED) is 0.768. The summed E-state index contributed by atoms with van der Waals surface area (Å²) in [6, 6.07) is 7.30. The zero-order chi connectivity index (χ0) is 11.7. The molecule has 0 bridgehead atoms. The van der Waals surface area contributed by atoms with Gasteiger partial charge < -0.3 is 0 Å². The van der Waals surface area contributed by atoms with Gasteiger partial charge in [0.25, 0.3) is 5.24 Å². The smallest absolute Gasteiger partial charge is 0.264 e. The van der Waals surface area contributed by atoms with Gasteiger partial charge in [0, 0.05) is 10.6 Å². The van der Waals surface area contributed by atoms with Crippen molar-refractivity contribution in [2.24, 2.45) is 0 Å². The van der Waals surface area contributed by atoms with Gasteiger partial charge in [-0.25, -0.2) is 4.98 Å². The van der Waals surface area contributed by atoms with Crippen molar-refractivity contribution in [2.45, 2.75) is 6.92 Å². The fraction of sp³-hybridized carbons (Fsp3) is 0.0909. The molecule has 0 unspecified atom stereocenters. The standard InChI is InChI=1S/C11H7Cl2NOS/c1-6-9(10(13)15)16-11(14-6)7-2-4-8(12)5-3-7/h2-5H,1H3. The van der Waals surface area contributed by atoms with Crippen LogP contribution in [0.1, 0.15) is 15.4 Å². The van der Waals surface area contributed by atoms with Crippen molar-refractivity contribution in [2.75, 3.05) is 0 Å². The van der Waals surface area contributed by atoms with Crippen molar-refractivity contribution < 1.29 is 4.79 Å². The van der Waals surface area contributed by atoms with Crippen LogP contribution in [0.5, 0.6) is 0 Å². The Bertz CT molecular complexity index is 533. The zero-order valence-corrected chi connectivity index (χ0v) is 10.7. The van der Waals surface area contributed by atoms with Crippen LogP contribution in [0.15, 0.2) is 24.3 Å². The molecule has 2 nitrogen and oxygen atoms in total. The number of thiazole rings is 1. The number of aryl methyl sites for hydroxylation is 1. The SMILES string of the molecule is Cc1nc(-c2ccc(Cl)cc2)sc1C(=O)Cl. The Morgan fingerprint density at radius 2 is 1.94 bits per heavy atom. The third-order valence-electron chi connectivity index (χ3n) is 2.07. The Balaban J connectivity index is 2.45. The van der Waals surface area contributed by atoms with E-state index in [0.717, 1.165) is 10.6 Å². The molecule has 1 aromatic carbocycles. The van der Waals surface area contributed by atoms with Crippen molar-refractivity contribution in [3.63, 3.8) is 0 Å². The second-order valence-corrected chi connectivity index (χ2v) is 4.99. The molecule has 0 amide bonds. The number of aromatic nitrogens is 1. The Labute approximate surface area is 107 Å². The third kappa shape index (κ3) is 2.26. The summed E-state index contributed by atoms with van der Waals surface area (Å²) >= 11 is 12.5. The number of rotatable bonds is 2. The van der Waals surface area contributed by atoms with E-state index in [4.69, 9.17) is 23.2 Å². The Morgan fingerprint density at radius 1 is 1.31 bits per heavy atom. The lowest BCUT2D eigenvalue weighted by Gasteiger charge is -1.94. The van der Waals surface area contributed by atoms with Crippen molar-refractivity contribution in [1.29, 1.82) is 0 Å². The number of hydrogen-bond donors (Lipinski definition) is 0. The maximum absolute atomic E-state index is 11.1. The Kier molecular flexibility index (Phi) is 3.28. The molecule has 2 rings (SSSR count). The molecule has 1 heterocycles. The minimum atomic E-state index is -0.463. The lowest BCUT2D eigenvalue weighted by molar-refractivity contribution is 0.108. The van der Waals surface area contributed by atoms with Crippen LogP contribution in [0.4, 0.5) is 0 Å². The van der Waals surface area contributed by atoms with Crippen molar-refractivity contribution >= 4 is 39.8 Å². The minimum Gasteiger partial charge on any atom is -0.275 e. The number of halogens is 2. The summed E-state index contributed by atoms with van der Waals surface area (Å²) in [5.41, 5.74) is 1.59. The average molecular weight is 272 g/mol. The summed E-state index contributed by atoms with van der Waals surface area (Å²) in [5.74, 6) is 0. The molecule has 16 heavy (non-hydrogen) atoms. The van der Waals surface area contributed by atoms with E-state index in [9.17, 15) is 4.79 Å². The van der Waals surface area contributed by atoms with Gasteiger partial charge in [-0.1, -0.05) is 23.7 Å². The summed E-state index contributed by atoms with van der Waals surface area (Å²) in [6.07, 6.45) is 0. The highest BCUT2D eigenvalue weighted by atomic mass is 35.5. The number of carbonyl (C=O) groups excluding carboxylic acids is 1. The molecule has 0 saturated heterocycles. The van der Waals surface area contributed by atoms with Gasteiger partial charge in [-0.3, -0.25) is 4.79 Å². The monoisotopic (exact) mass is 271 g/mol. The van der Waals surface area contributed by atoms with Crippen LogP contribution in [0.3, 0.4) is 0 Å². The van der Waals surface area contributed by atoms with Gasteiger partial charge in [-0.2, -0.15) is 0 Å². The molecular weight excluding hydrogens is 265 g/mol. The summed E-state index contributed by atoms with van der Waals surface area (Å²) in [6.45, 7) is 1.77. The molecule has 0 saturated carbocycles. The second kappa shape index (κ2) is 4.53. The first-order chi connectivity index (χ1) is 7.58. The van der Waals surface area contributed by atoms with Gasteiger partial charge in [-0.15, -0.1) is 11.3 Å². The molecule has 5 heteroatoms. The van der Waals surface area contributed by atoms with Crippen molar-refractivity contribution in [1.82, 2.24) is 4.98 Å². The lowest BCUT2D eigenvalue weighted by atomic mass is 10.2. The molecular formula is C11H7Cl2NOS. The Morgan fingerprint density at radius 3 is 2.44 bits per heavy atom. The van der Waals surface area contributed by atoms with Gasteiger partial charge >= 0.3 is 0 Å². The van der Waals surface area contributed by atoms with E-state index < -0.39 is 5.24 Å². The molecule has 0 spiro atoms. The summed E-state index contributed by atoms with van der Waals surface area (Å²) < 4.78 is 0. The molecule has 0 radical (unpaired) electrons. The summed E-state index contributed by atoms with van der Waals surface area (Å²) in [5, 5.41) is 0.985. The molecule has 1 aromatic heterocycles. The highest BCUT2D eigenvalue weighted by molar-refractivity contribution is 7.18. The molecule has 0 aliphatic carbocycles. The predicted molar refractivity (Wildman–Crippen MR) is 67.5 cm³/mol. The van der Waals surface area contributed by atoms with E-state index in [1.165, 1.54) is 11.3 Å². The number of benzene rings is 1. The normalized spacial score (nSPS) is 10.4. The maximum Gasteiger partial charge on any atom is 0.264 e. The lowest BCUT2D eigenvalue weighted by Crippen LogP contribution is -1.86. The molecule has 0 aliphatic heterocycles.